The van der Waals surface area contributed by atoms with Crippen LogP contribution < -0.4 is 5.32 Å². The summed E-state index contributed by atoms with van der Waals surface area (Å²) < 4.78 is 36.0. The average Bonchev–Trinajstić information content (AvgIpc) is 2.41. The van der Waals surface area contributed by atoms with Crippen molar-refractivity contribution in [2.75, 3.05) is 6.54 Å². The molecule has 21 heavy (non-hydrogen) atoms. The number of phenols is 1. The third-order valence-corrected chi connectivity index (χ3v) is 3.03. The van der Waals surface area contributed by atoms with Gasteiger partial charge in [0.05, 0.1) is 5.56 Å². The van der Waals surface area contributed by atoms with Crippen LogP contribution in [-0.2, 0) is 0 Å². The van der Waals surface area contributed by atoms with E-state index in [2.05, 4.69) is 5.32 Å². The largest absolute Gasteiger partial charge is 0.507 e. The van der Waals surface area contributed by atoms with Crippen molar-refractivity contribution in [1.29, 1.82) is 0 Å². The molecule has 0 radical (unpaired) electrons. The number of aromatic hydroxyl groups is 1. The number of fused-ring (bicyclic) bond motifs is 1. The summed E-state index contributed by atoms with van der Waals surface area (Å²) in [5, 5.41) is 13.8. The van der Waals surface area contributed by atoms with E-state index in [9.17, 15) is 23.1 Å². The van der Waals surface area contributed by atoms with E-state index in [-0.39, 0.29) is 24.3 Å². The molecule has 0 spiro atoms. The van der Waals surface area contributed by atoms with Crippen molar-refractivity contribution in [2.24, 2.45) is 0 Å². The van der Waals surface area contributed by atoms with Gasteiger partial charge in [-0.25, -0.2) is 0 Å². The molecule has 2 aromatic rings. The molecule has 2 aromatic carbocycles. The van der Waals surface area contributed by atoms with E-state index >= 15 is 0 Å². The first-order valence-electron chi connectivity index (χ1n) is 6.43. The summed E-state index contributed by atoms with van der Waals surface area (Å²) in [4.78, 5) is 11.9. The fourth-order valence-electron chi connectivity index (χ4n) is 2.00. The predicted octanol–water partition coefficient (Wildman–Crippen LogP) is 3.62. The summed E-state index contributed by atoms with van der Waals surface area (Å²) in [6, 6.07) is 10.2. The third-order valence-electron chi connectivity index (χ3n) is 3.03. The Balaban J connectivity index is 2.04. The first-order valence-corrected chi connectivity index (χ1v) is 6.43. The standard InChI is InChI=1S/C15H14F3NO2/c16-15(17,18)6-3-7-19-14(21)12-8-10-4-1-2-5-11(10)9-13(12)20/h1-2,4-5,8-9,20H,3,6-7H2,(H,19,21). The lowest BCUT2D eigenvalue weighted by Gasteiger charge is -2.09. The summed E-state index contributed by atoms with van der Waals surface area (Å²) in [5.41, 5.74) is 0.0562. The molecule has 2 N–H and O–H groups in total. The molecule has 3 nitrogen and oxygen atoms in total. The first kappa shape index (κ1) is 15.2. The number of alkyl halides is 3. The second-order valence-corrected chi connectivity index (χ2v) is 4.69. The van der Waals surface area contributed by atoms with E-state index in [1.165, 1.54) is 12.1 Å². The zero-order valence-electron chi connectivity index (χ0n) is 11.1. The molecular weight excluding hydrogens is 283 g/mol. The summed E-state index contributed by atoms with van der Waals surface area (Å²) >= 11 is 0. The van der Waals surface area contributed by atoms with E-state index in [1.54, 1.807) is 24.3 Å². The number of carbonyl (C=O) groups excluding carboxylic acids is 1. The lowest BCUT2D eigenvalue weighted by molar-refractivity contribution is -0.135. The van der Waals surface area contributed by atoms with Gasteiger partial charge in [0, 0.05) is 13.0 Å². The van der Waals surface area contributed by atoms with Crippen molar-refractivity contribution in [1.82, 2.24) is 5.32 Å². The van der Waals surface area contributed by atoms with Crippen molar-refractivity contribution in [3.05, 3.63) is 42.0 Å². The Morgan fingerprint density at radius 3 is 2.38 bits per heavy atom. The van der Waals surface area contributed by atoms with Crippen LogP contribution in [0.1, 0.15) is 23.2 Å². The number of nitrogens with one attached hydrogen (secondary N) is 1. The van der Waals surface area contributed by atoms with Crippen molar-refractivity contribution in [2.45, 2.75) is 19.0 Å². The molecule has 0 atom stereocenters. The molecular formula is C15H14F3NO2. The summed E-state index contributed by atoms with van der Waals surface area (Å²) in [6.45, 7) is -0.0926. The average molecular weight is 297 g/mol. The molecule has 0 bridgehead atoms. The molecule has 0 aliphatic carbocycles. The Labute approximate surface area is 119 Å². The Morgan fingerprint density at radius 2 is 1.76 bits per heavy atom. The molecule has 2 rings (SSSR count). The van der Waals surface area contributed by atoms with Gasteiger partial charge in [-0.05, 0) is 29.3 Å². The number of phenolic OH excluding ortho intramolecular Hbond substituents is 1. The minimum atomic E-state index is -4.23. The van der Waals surface area contributed by atoms with Crippen LogP contribution in [0.15, 0.2) is 36.4 Å². The zero-order valence-corrected chi connectivity index (χ0v) is 11.1. The van der Waals surface area contributed by atoms with E-state index in [1.807, 2.05) is 0 Å². The number of amides is 1. The van der Waals surface area contributed by atoms with E-state index in [4.69, 9.17) is 0 Å². The molecule has 0 aliphatic heterocycles. The molecule has 0 fully saturated rings. The lowest BCUT2D eigenvalue weighted by Crippen LogP contribution is -2.25. The summed E-state index contributed by atoms with van der Waals surface area (Å²) in [7, 11) is 0. The molecule has 1 amide bonds. The smallest absolute Gasteiger partial charge is 0.389 e. The van der Waals surface area contributed by atoms with Gasteiger partial charge in [0.15, 0.2) is 0 Å². The molecule has 6 heteroatoms. The van der Waals surface area contributed by atoms with Gasteiger partial charge in [-0.15, -0.1) is 0 Å². The normalized spacial score (nSPS) is 11.6. The molecule has 0 aromatic heterocycles. The maximum absolute atomic E-state index is 12.0. The molecule has 0 aliphatic rings. The topological polar surface area (TPSA) is 49.3 Å². The van der Waals surface area contributed by atoms with Crippen molar-refractivity contribution >= 4 is 16.7 Å². The van der Waals surface area contributed by atoms with Crippen LogP contribution in [0.25, 0.3) is 10.8 Å². The Hall–Kier alpha value is -2.24. The SMILES string of the molecule is O=C(NCCCC(F)(F)F)c1cc2ccccc2cc1O. The number of carbonyl (C=O) groups is 1. The Kier molecular flexibility index (Phi) is 4.35. The highest BCUT2D eigenvalue weighted by Gasteiger charge is 2.26. The van der Waals surface area contributed by atoms with Crippen LogP contribution in [0.3, 0.4) is 0 Å². The third kappa shape index (κ3) is 4.11. The van der Waals surface area contributed by atoms with Gasteiger partial charge in [0.2, 0.25) is 0 Å². The molecule has 0 saturated heterocycles. The maximum atomic E-state index is 12.0. The molecule has 112 valence electrons. The van der Waals surface area contributed by atoms with E-state index < -0.39 is 18.5 Å². The molecule has 0 saturated carbocycles. The highest BCUT2D eigenvalue weighted by Crippen LogP contribution is 2.25. The fraction of sp³-hybridized carbons (Fsp3) is 0.267. The Morgan fingerprint density at radius 1 is 1.14 bits per heavy atom. The van der Waals surface area contributed by atoms with E-state index in [0.717, 1.165) is 10.8 Å². The van der Waals surface area contributed by atoms with Crippen molar-refractivity contribution < 1.29 is 23.1 Å². The molecule has 0 heterocycles. The van der Waals surface area contributed by atoms with Gasteiger partial charge in [-0.2, -0.15) is 13.2 Å². The van der Waals surface area contributed by atoms with Gasteiger partial charge in [0.25, 0.3) is 5.91 Å². The van der Waals surface area contributed by atoms with Gasteiger partial charge in [-0.1, -0.05) is 24.3 Å². The van der Waals surface area contributed by atoms with Crippen LogP contribution in [0.2, 0.25) is 0 Å². The quantitative estimate of drug-likeness (QED) is 0.847. The maximum Gasteiger partial charge on any atom is 0.389 e. The van der Waals surface area contributed by atoms with E-state index in [0.29, 0.717) is 0 Å². The number of hydrogen-bond acceptors (Lipinski definition) is 2. The number of halogens is 3. The second kappa shape index (κ2) is 6.03. The molecule has 0 unspecified atom stereocenters. The fourth-order valence-corrected chi connectivity index (χ4v) is 2.00. The zero-order chi connectivity index (χ0) is 15.5. The number of hydrogen-bond donors (Lipinski definition) is 2. The summed E-state index contributed by atoms with van der Waals surface area (Å²) in [5.74, 6) is -0.776. The Bertz CT molecular complexity index is 653. The van der Waals surface area contributed by atoms with Gasteiger partial charge in [-0.3, -0.25) is 4.79 Å². The van der Waals surface area contributed by atoms with Crippen LogP contribution in [-0.4, -0.2) is 23.7 Å². The minimum absolute atomic E-state index is 0.0562. The van der Waals surface area contributed by atoms with Crippen molar-refractivity contribution in [3.8, 4) is 5.75 Å². The lowest BCUT2D eigenvalue weighted by atomic mass is 10.1. The van der Waals surface area contributed by atoms with Gasteiger partial charge < -0.3 is 10.4 Å². The first-order chi connectivity index (χ1) is 9.87. The van der Waals surface area contributed by atoms with Crippen molar-refractivity contribution in [3.63, 3.8) is 0 Å². The number of benzene rings is 2. The second-order valence-electron chi connectivity index (χ2n) is 4.69. The van der Waals surface area contributed by atoms with Crippen LogP contribution >= 0.6 is 0 Å². The van der Waals surface area contributed by atoms with Crippen LogP contribution in [0, 0.1) is 0 Å². The highest BCUT2D eigenvalue weighted by atomic mass is 19.4. The minimum Gasteiger partial charge on any atom is -0.507 e. The van der Waals surface area contributed by atoms with Gasteiger partial charge in [0.1, 0.15) is 5.75 Å². The van der Waals surface area contributed by atoms with Crippen LogP contribution in [0.5, 0.6) is 5.75 Å². The van der Waals surface area contributed by atoms with Gasteiger partial charge >= 0.3 is 6.18 Å². The van der Waals surface area contributed by atoms with Crippen LogP contribution in [0.4, 0.5) is 13.2 Å². The summed E-state index contributed by atoms with van der Waals surface area (Å²) in [6.07, 6.45) is -5.36. The predicted molar refractivity (Wildman–Crippen MR) is 73.2 cm³/mol. The number of rotatable bonds is 4. The monoisotopic (exact) mass is 297 g/mol. The highest BCUT2D eigenvalue weighted by molar-refractivity contribution is 6.01.